The van der Waals surface area contributed by atoms with Crippen molar-refractivity contribution < 1.29 is 22.6 Å². The molecular weight excluding hydrogens is 195 g/mol. The molecule has 0 radical (unpaired) electrons. The van der Waals surface area contributed by atoms with Gasteiger partial charge in [0, 0.05) is 0 Å². The average molecular weight is 210 g/mol. The third-order valence-electron chi connectivity index (χ3n) is 1.96. The molecular formula is C7H15O5P. The molecule has 1 heterocycles. The van der Waals surface area contributed by atoms with Gasteiger partial charge in [-0.15, -0.1) is 0 Å². The predicted octanol–water partition coefficient (Wildman–Crippen LogP) is 2.35. The minimum absolute atomic E-state index is 0.614. The Labute approximate surface area is 77.9 Å². The van der Waals surface area contributed by atoms with Crippen LogP contribution in [0.4, 0.5) is 0 Å². The maximum absolute atomic E-state index is 5.42. The summed E-state index contributed by atoms with van der Waals surface area (Å²) in [5.41, 5.74) is 0. The molecule has 0 bridgehead atoms. The van der Waals surface area contributed by atoms with E-state index in [2.05, 4.69) is 0 Å². The molecule has 1 aliphatic heterocycles. The number of rotatable bonds is 3. The zero-order valence-electron chi connectivity index (χ0n) is 8.49. The van der Waals surface area contributed by atoms with Crippen molar-refractivity contribution in [3.63, 3.8) is 0 Å². The van der Waals surface area contributed by atoms with E-state index in [1.165, 1.54) is 21.3 Å². The zero-order chi connectivity index (χ0) is 10.1. The fourth-order valence-corrected chi connectivity index (χ4v) is 3.12. The summed E-state index contributed by atoms with van der Waals surface area (Å²) in [6.07, 6.45) is 0. The van der Waals surface area contributed by atoms with E-state index in [1.54, 1.807) is 13.8 Å². The third-order valence-corrected chi connectivity index (χ3v) is 4.90. The van der Waals surface area contributed by atoms with Crippen molar-refractivity contribution in [1.29, 1.82) is 0 Å². The second kappa shape index (κ2) is 3.10. The summed E-state index contributed by atoms with van der Waals surface area (Å²) in [7, 11) is 0.508. The SMILES string of the molecule is COP1(OC)(OC)OC(C)=C(C)O1. The van der Waals surface area contributed by atoms with Gasteiger partial charge in [0.15, 0.2) is 0 Å². The molecule has 0 saturated heterocycles. The number of hydrogen-bond acceptors (Lipinski definition) is 5. The van der Waals surface area contributed by atoms with Gasteiger partial charge in [-0.1, -0.05) is 0 Å². The van der Waals surface area contributed by atoms with Gasteiger partial charge in [-0.3, -0.25) is 0 Å². The van der Waals surface area contributed by atoms with Crippen molar-refractivity contribution >= 4 is 7.74 Å². The Hall–Kier alpha value is -0.350. The molecule has 6 heteroatoms. The molecule has 1 rings (SSSR count). The number of allylic oxidation sites excluding steroid dienone is 2. The molecule has 0 unspecified atom stereocenters. The molecule has 0 fully saturated rings. The maximum atomic E-state index is 5.42. The van der Waals surface area contributed by atoms with Crippen LogP contribution in [0.3, 0.4) is 0 Å². The van der Waals surface area contributed by atoms with Crippen molar-refractivity contribution in [3.05, 3.63) is 11.5 Å². The van der Waals surface area contributed by atoms with Crippen LogP contribution < -0.4 is 0 Å². The molecule has 5 nitrogen and oxygen atoms in total. The van der Waals surface area contributed by atoms with Gasteiger partial charge in [-0.05, 0) is 0 Å². The van der Waals surface area contributed by atoms with Crippen molar-refractivity contribution in [2.24, 2.45) is 0 Å². The van der Waals surface area contributed by atoms with E-state index in [4.69, 9.17) is 22.6 Å². The molecule has 0 spiro atoms. The Kier molecular flexibility index (Phi) is 2.56. The van der Waals surface area contributed by atoms with E-state index >= 15 is 0 Å². The topological polar surface area (TPSA) is 46.2 Å². The summed E-state index contributed by atoms with van der Waals surface area (Å²) in [4.78, 5) is 0. The van der Waals surface area contributed by atoms with Gasteiger partial charge < -0.3 is 0 Å². The quantitative estimate of drug-likeness (QED) is 0.669. The summed E-state index contributed by atoms with van der Waals surface area (Å²) in [6, 6.07) is 0. The van der Waals surface area contributed by atoms with Crippen LogP contribution in [0.15, 0.2) is 11.5 Å². The molecule has 0 N–H and O–H groups in total. The first-order chi connectivity index (χ1) is 6.01. The van der Waals surface area contributed by atoms with Crippen LogP contribution in [0.5, 0.6) is 0 Å². The Balaban J connectivity index is 3.00. The molecule has 1 aliphatic rings. The fourth-order valence-electron chi connectivity index (χ4n) is 1.04. The van der Waals surface area contributed by atoms with Gasteiger partial charge >= 0.3 is 77.1 Å². The fraction of sp³-hybridized carbons (Fsp3) is 0.714. The van der Waals surface area contributed by atoms with Gasteiger partial charge in [0.25, 0.3) is 0 Å². The van der Waals surface area contributed by atoms with Gasteiger partial charge in [0.05, 0.1) is 0 Å². The first-order valence-corrected chi connectivity index (χ1v) is 5.62. The molecule has 0 saturated carbocycles. The summed E-state index contributed by atoms with van der Waals surface area (Å²) < 4.78 is 26.2. The molecule has 0 amide bonds. The third kappa shape index (κ3) is 1.42. The second-order valence-corrected chi connectivity index (χ2v) is 5.54. The molecule has 0 atom stereocenters. The molecule has 0 aliphatic carbocycles. The first kappa shape index (κ1) is 10.7. The van der Waals surface area contributed by atoms with E-state index in [9.17, 15) is 0 Å². The Morgan fingerprint density at radius 2 is 1.15 bits per heavy atom. The van der Waals surface area contributed by atoms with E-state index in [0.29, 0.717) is 11.5 Å². The molecule has 0 aromatic heterocycles. The van der Waals surface area contributed by atoms with E-state index in [-0.39, 0.29) is 0 Å². The predicted molar refractivity (Wildman–Crippen MR) is 48.5 cm³/mol. The normalized spacial score (nSPS) is 27.3. The summed E-state index contributed by atoms with van der Waals surface area (Å²) in [6.45, 7) is 3.53. The van der Waals surface area contributed by atoms with Gasteiger partial charge in [0.2, 0.25) is 0 Å². The first-order valence-electron chi connectivity index (χ1n) is 3.80. The van der Waals surface area contributed by atoms with Gasteiger partial charge in [0.1, 0.15) is 0 Å². The average Bonchev–Trinajstić information content (AvgIpc) is 2.42. The van der Waals surface area contributed by atoms with Crippen LogP contribution >= 0.6 is 7.74 Å². The Bertz CT molecular complexity index is 216. The standard InChI is InChI=1S/C7H15O5P/c1-6-7(2)12-13(8-3,9-4,10-5)11-6/h1-5H3. The van der Waals surface area contributed by atoms with Crippen LogP contribution in [0.2, 0.25) is 0 Å². The second-order valence-electron chi connectivity index (χ2n) is 2.59. The van der Waals surface area contributed by atoms with Crippen LogP contribution in [0.1, 0.15) is 13.8 Å². The van der Waals surface area contributed by atoms with Crippen molar-refractivity contribution in [1.82, 2.24) is 0 Å². The van der Waals surface area contributed by atoms with Gasteiger partial charge in [-0.2, -0.15) is 0 Å². The Morgan fingerprint density at radius 1 is 0.846 bits per heavy atom. The van der Waals surface area contributed by atoms with E-state index < -0.39 is 7.74 Å². The van der Waals surface area contributed by atoms with E-state index in [1.807, 2.05) is 0 Å². The molecule has 13 heavy (non-hydrogen) atoms. The van der Waals surface area contributed by atoms with Crippen LogP contribution in [-0.2, 0) is 22.6 Å². The summed E-state index contributed by atoms with van der Waals surface area (Å²) in [5, 5.41) is 0. The summed E-state index contributed by atoms with van der Waals surface area (Å²) >= 11 is 0. The van der Waals surface area contributed by atoms with Crippen molar-refractivity contribution in [3.8, 4) is 0 Å². The van der Waals surface area contributed by atoms with E-state index in [0.717, 1.165) is 0 Å². The zero-order valence-corrected chi connectivity index (χ0v) is 9.38. The van der Waals surface area contributed by atoms with Crippen molar-refractivity contribution in [2.75, 3.05) is 21.3 Å². The molecule has 0 aromatic carbocycles. The summed E-state index contributed by atoms with van der Waals surface area (Å²) in [5.74, 6) is 1.23. The minimum atomic E-state index is -3.77. The van der Waals surface area contributed by atoms with Crippen molar-refractivity contribution in [2.45, 2.75) is 13.8 Å². The Morgan fingerprint density at radius 3 is 1.31 bits per heavy atom. The molecule has 0 aromatic rings. The van der Waals surface area contributed by atoms with Crippen LogP contribution in [0, 0.1) is 0 Å². The monoisotopic (exact) mass is 210 g/mol. The van der Waals surface area contributed by atoms with Gasteiger partial charge in [-0.25, -0.2) is 0 Å². The van der Waals surface area contributed by atoms with Crippen LogP contribution in [0.25, 0.3) is 0 Å². The number of hydrogen-bond donors (Lipinski definition) is 0. The van der Waals surface area contributed by atoms with Crippen LogP contribution in [-0.4, -0.2) is 21.3 Å². The molecule has 78 valence electrons.